The first kappa shape index (κ1) is 17.8. The Bertz CT molecular complexity index is 511. The quantitative estimate of drug-likeness (QED) is 0.820. The predicted octanol–water partition coefficient (Wildman–Crippen LogP) is 2.57. The summed E-state index contributed by atoms with van der Waals surface area (Å²) in [4.78, 5) is 24.0. The second kappa shape index (κ2) is 7.68. The molecule has 0 saturated carbocycles. The molecular weight excluding hydrogens is 284 g/mol. The lowest BCUT2D eigenvalue weighted by molar-refractivity contribution is -0.107. The number of hydrogen-bond acceptors (Lipinski definition) is 4. The molecule has 2 amide bonds. The van der Waals surface area contributed by atoms with Gasteiger partial charge in [0.25, 0.3) is 0 Å². The molecule has 1 aromatic carbocycles. The van der Waals surface area contributed by atoms with Crippen LogP contribution in [0.15, 0.2) is 24.3 Å². The van der Waals surface area contributed by atoms with Crippen molar-refractivity contribution in [3.8, 4) is 5.75 Å². The fourth-order valence-electron chi connectivity index (χ4n) is 1.69. The van der Waals surface area contributed by atoms with Crippen molar-refractivity contribution in [2.75, 3.05) is 18.6 Å². The minimum Gasteiger partial charge on any atom is -0.489 e. The van der Waals surface area contributed by atoms with E-state index >= 15 is 0 Å². The van der Waals surface area contributed by atoms with E-state index in [1.165, 1.54) is 4.90 Å². The number of para-hydroxylation sites is 2. The molecule has 6 heteroatoms. The molecule has 0 aromatic heterocycles. The maximum atomic E-state index is 11.7. The third kappa shape index (κ3) is 6.03. The molecule has 0 aliphatic heterocycles. The molecule has 0 aliphatic rings. The van der Waals surface area contributed by atoms with Crippen LogP contribution < -0.4 is 15.0 Å². The number of carbonyl (C=O) groups is 2. The van der Waals surface area contributed by atoms with Crippen LogP contribution in [0.4, 0.5) is 10.5 Å². The predicted molar refractivity (Wildman–Crippen MR) is 85.2 cm³/mol. The van der Waals surface area contributed by atoms with Crippen LogP contribution in [-0.4, -0.2) is 37.8 Å². The summed E-state index contributed by atoms with van der Waals surface area (Å²) in [5.74, 6) is 0.579. The Morgan fingerprint density at radius 1 is 1.36 bits per heavy atom. The standard InChI is InChI=1S/C16H24N2O4/c1-12(17-15(20)22-16(2,3)4)10-21-14-9-7-6-8-13(14)18(5)11-19/h6-9,11-12H,10H2,1-5H3,(H,17,20)/t12-/m1/s1. The number of benzene rings is 1. The molecule has 0 unspecified atom stereocenters. The molecule has 0 aliphatic carbocycles. The molecule has 0 saturated heterocycles. The maximum absolute atomic E-state index is 11.7. The topological polar surface area (TPSA) is 67.9 Å². The molecule has 1 rings (SSSR count). The lowest BCUT2D eigenvalue weighted by Gasteiger charge is -2.22. The van der Waals surface area contributed by atoms with E-state index in [4.69, 9.17) is 9.47 Å². The van der Waals surface area contributed by atoms with E-state index < -0.39 is 11.7 Å². The van der Waals surface area contributed by atoms with Crippen LogP contribution in [0.25, 0.3) is 0 Å². The highest BCUT2D eigenvalue weighted by Gasteiger charge is 2.18. The molecule has 1 N–H and O–H groups in total. The van der Waals surface area contributed by atoms with Crippen molar-refractivity contribution in [1.82, 2.24) is 5.32 Å². The van der Waals surface area contributed by atoms with Gasteiger partial charge in [-0.15, -0.1) is 0 Å². The molecule has 1 aromatic rings. The second-order valence-corrected chi connectivity index (χ2v) is 6.04. The van der Waals surface area contributed by atoms with Crippen LogP contribution in [0.1, 0.15) is 27.7 Å². The Labute approximate surface area is 131 Å². The molecular formula is C16H24N2O4. The van der Waals surface area contributed by atoms with Crippen molar-refractivity contribution < 1.29 is 19.1 Å². The van der Waals surface area contributed by atoms with Gasteiger partial charge in [0.2, 0.25) is 6.41 Å². The van der Waals surface area contributed by atoms with Crippen LogP contribution in [0.5, 0.6) is 5.75 Å². The fraction of sp³-hybridized carbons (Fsp3) is 0.500. The van der Waals surface area contributed by atoms with Crippen molar-refractivity contribution in [1.29, 1.82) is 0 Å². The Morgan fingerprint density at radius 2 is 2.00 bits per heavy atom. The van der Waals surface area contributed by atoms with Gasteiger partial charge in [0.15, 0.2) is 0 Å². The number of rotatable bonds is 6. The summed E-state index contributed by atoms with van der Waals surface area (Å²) in [6, 6.07) is 6.98. The number of amides is 2. The summed E-state index contributed by atoms with van der Waals surface area (Å²) in [5.41, 5.74) is 0.131. The van der Waals surface area contributed by atoms with Crippen LogP contribution in [0.2, 0.25) is 0 Å². The normalized spacial score (nSPS) is 12.2. The molecule has 6 nitrogen and oxygen atoms in total. The highest BCUT2D eigenvalue weighted by atomic mass is 16.6. The zero-order valence-corrected chi connectivity index (χ0v) is 13.8. The van der Waals surface area contributed by atoms with Gasteiger partial charge < -0.3 is 19.7 Å². The summed E-state index contributed by atoms with van der Waals surface area (Å²) in [6.45, 7) is 7.50. The van der Waals surface area contributed by atoms with Gasteiger partial charge in [0, 0.05) is 7.05 Å². The number of nitrogens with one attached hydrogen (secondary N) is 1. The Morgan fingerprint density at radius 3 is 2.59 bits per heavy atom. The molecule has 0 radical (unpaired) electrons. The van der Waals surface area contributed by atoms with Crippen LogP contribution in [0, 0.1) is 0 Å². The van der Waals surface area contributed by atoms with Crippen LogP contribution in [-0.2, 0) is 9.53 Å². The summed E-state index contributed by atoms with van der Waals surface area (Å²) in [6.07, 6.45) is 0.229. The monoisotopic (exact) mass is 308 g/mol. The van der Waals surface area contributed by atoms with E-state index in [1.54, 1.807) is 40.0 Å². The molecule has 0 spiro atoms. The van der Waals surface area contributed by atoms with E-state index in [-0.39, 0.29) is 12.6 Å². The zero-order chi connectivity index (χ0) is 16.8. The van der Waals surface area contributed by atoms with E-state index in [1.807, 2.05) is 19.1 Å². The van der Waals surface area contributed by atoms with Gasteiger partial charge in [-0.3, -0.25) is 4.79 Å². The van der Waals surface area contributed by atoms with Crippen molar-refractivity contribution >= 4 is 18.2 Å². The van der Waals surface area contributed by atoms with E-state index in [0.717, 1.165) is 0 Å². The minimum atomic E-state index is -0.538. The molecule has 0 fully saturated rings. The second-order valence-electron chi connectivity index (χ2n) is 6.04. The third-order valence-electron chi connectivity index (χ3n) is 2.66. The van der Waals surface area contributed by atoms with E-state index in [0.29, 0.717) is 17.8 Å². The lowest BCUT2D eigenvalue weighted by atomic mass is 10.2. The van der Waals surface area contributed by atoms with Crippen molar-refractivity contribution in [2.24, 2.45) is 0 Å². The van der Waals surface area contributed by atoms with Crippen molar-refractivity contribution in [2.45, 2.75) is 39.3 Å². The highest BCUT2D eigenvalue weighted by molar-refractivity contribution is 5.77. The van der Waals surface area contributed by atoms with E-state index in [9.17, 15) is 9.59 Å². The largest absolute Gasteiger partial charge is 0.489 e. The first-order valence-electron chi connectivity index (χ1n) is 7.12. The average molecular weight is 308 g/mol. The Balaban J connectivity index is 2.56. The highest BCUT2D eigenvalue weighted by Crippen LogP contribution is 2.26. The van der Waals surface area contributed by atoms with Gasteiger partial charge >= 0.3 is 6.09 Å². The number of ether oxygens (including phenoxy) is 2. The SMILES string of the molecule is C[C@H](COc1ccccc1N(C)C=O)NC(=O)OC(C)(C)C. The summed E-state index contributed by atoms with van der Waals surface area (Å²) < 4.78 is 10.9. The smallest absolute Gasteiger partial charge is 0.407 e. The number of anilines is 1. The van der Waals surface area contributed by atoms with Crippen LogP contribution in [0.3, 0.4) is 0 Å². The molecule has 122 valence electrons. The zero-order valence-electron chi connectivity index (χ0n) is 13.8. The average Bonchev–Trinajstić information content (AvgIpc) is 2.42. The number of hydrogen-bond donors (Lipinski definition) is 1. The van der Waals surface area contributed by atoms with Gasteiger partial charge in [-0.1, -0.05) is 12.1 Å². The fourth-order valence-corrected chi connectivity index (χ4v) is 1.69. The van der Waals surface area contributed by atoms with Gasteiger partial charge in [-0.05, 0) is 39.8 Å². The molecule has 22 heavy (non-hydrogen) atoms. The van der Waals surface area contributed by atoms with Gasteiger partial charge in [0.1, 0.15) is 18.0 Å². The van der Waals surface area contributed by atoms with Gasteiger partial charge in [0.05, 0.1) is 11.7 Å². The molecule has 0 bridgehead atoms. The summed E-state index contributed by atoms with van der Waals surface area (Å²) >= 11 is 0. The maximum Gasteiger partial charge on any atom is 0.407 e. The molecule has 0 heterocycles. The van der Waals surface area contributed by atoms with Crippen molar-refractivity contribution in [3.05, 3.63) is 24.3 Å². The lowest BCUT2D eigenvalue weighted by Crippen LogP contribution is -2.40. The number of alkyl carbamates (subject to hydrolysis) is 1. The number of carbonyl (C=O) groups excluding carboxylic acids is 2. The van der Waals surface area contributed by atoms with Gasteiger partial charge in [-0.2, -0.15) is 0 Å². The minimum absolute atomic E-state index is 0.232. The van der Waals surface area contributed by atoms with Gasteiger partial charge in [-0.25, -0.2) is 4.79 Å². The summed E-state index contributed by atoms with van der Waals surface area (Å²) in [5, 5.41) is 2.70. The first-order chi connectivity index (χ1) is 10.2. The molecule has 1 atom stereocenters. The van der Waals surface area contributed by atoms with E-state index in [2.05, 4.69) is 5.32 Å². The number of nitrogens with zero attached hydrogens (tertiary/aromatic N) is 1. The Hall–Kier alpha value is -2.24. The Kier molecular flexibility index (Phi) is 6.22. The third-order valence-corrected chi connectivity index (χ3v) is 2.66. The first-order valence-corrected chi connectivity index (χ1v) is 7.12. The summed E-state index contributed by atoms with van der Waals surface area (Å²) in [7, 11) is 1.65. The van der Waals surface area contributed by atoms with Crippen molar-refractivity contribution in [3.63, 3.8) is 0 Å². The van der Waals surface area contributed by atoms with Crippen LogP contribution >= 0.6 is 0 Å².